The van der Waals surface area contributed by atoms with Crippen LogP contribution in [0.2, 0.25) is 0 Å². The van der Waals surface area contributed by atoms with E-state index in [0.717, 1.165) is 25.7 Å². The second-order valence-electron chi connectivity index (χ2n) is 3.59. The van der Waals surface area contributed by atoms with E-state index in [1.54, 1.807) is 0 Å². The molecule has 1 rings (SSSR count). The summed E-state index contributed by atoms with van der Waals surface area (Å²) in [5, 5.41) is 0. The molecule has 0 aliphatic carbocycles. The number of hydrogen-bond acceptors (Lipinski definition) is 2. The summed E-state index contributed by atoms with van der Waals surface area (Å²) in [6.07, 6.45) is 2.54. The molecule has 0 spiro atoms. The van der Waals surface area contributed by atoms with Gasteiger partial charge in [-0.1, -0.05) is 13.3 Å². The van der Waals surface area contributed by atoms with Crippen molar-refractivity contribution >= 4 is 0 Å². The van der Waals surface area contributed by atoms with Gasteiger partial charge in [0.25, 0.3) is 0 Å². The van der Waals surface area contributed by atoms with Crippen LogP contribution in [0.3, 0.4) is 0 Å². The Morgan fingerprint density at radius 1 is 1.43 bits per heavy atom. The molecule has 1 radical (unpaired) electrons. The first-order chi connectivity index (χ1) is 5.77. The Morgan fingerprint density at radius 2 is 2.07 bits per heavy atom. The topological polar surface area (TPSA) is 12.5 Å². The van der Waals surface area contributed by atoms with Crippen molar-refractivity contribution in [1.29, 1.82) is 0 Å². The van der Waals surface area contributed by atoms with Gasteiger partial charge in [-0.2, -0.15) is 0 Å². The van der Waals surface area contributed by atoms with Crippen molar-refractivity contribution < 1.29 is 37.4 Å². The van der Waals surface area contributed by atoms with Crippen LogP contribution in [0.1, 0.15) is 26.7 Å². The molecule has 2 unspecified atom stereocenters. The molecule has 83 valence electrons. The molecule has 2 atom stereocenters. The van der Waals surface area contributed by atoms with E-state index in [2.05, 4.69) is 18.9 Å². The van der Waals surface area contributed by atoms with Gasteiger partial charge < -0.3 is 17.1 Å². The normalized spacial score (nSPS) is 26.8. The van der Waals surface area contributed by atoms with Crippen LogP contribution in [0, 0.1) is 20.4 Å². The number of hydrogen-bond donors (Lipinski definition) is 0. The van der Waals surface area contributed by atoms with Crippen LogP contribution in [-0.2, 0) is 37.4 Å². The summed E-state index contributed by atoms with van der Waals surface area (Å²) in [6, 6.07) is 0.565. The van der Waals surface area contributed by atoms with Crippen LogP contribution in [0.5, 0.6) is 0 Å². The zero-order valence-corrected chi connectivity index (χ0v) is 12.7. The SMILES string of the molecule is [CH2-]N1CC(CC)CC1COCC.[CH3-].[Y]. The monoisotopic (exact) mass is 274 g/mol. The van der Waals surface area contributed by atoms with Crippen molar-refractivity contribution in [2.75, 3.05) is 19.8 Å². The third-order valence-corrected chi connectivity index (χ3v) is 2.71. The average molecular weight is 274 g/mol. The molecule has 1 aliphatic heterocycles. The van der Waals surface area contributed by atoms with Gasteiger partial charge in [0.05, 0.1) is 6.61 Å². The van der Waals surface area contributed by atoms with E-state index in [-0.39, 0.29) is 40.1 Å². The van der Waals surface area contributed by atoms with E-state index in [0.29, 0.717) is 6.04 Å². The Kier molecular flexibility index (Phi) is 11.5. The van der Waals surface area contributed by atoms with Gasteiger partial charge in [-0.05, 0) is 25.8 Å². The van der Waals surface area contributed by atoms with Crippen molar-refractivity contribution in [3.63, 3.8) is 0 Å². The molecular formula is C11H23NOY-2. The van der Waals surface area contributed by atoms with Crippen LogP contribution < -0.4 is 0 Å². The molecule has 0 aromatic carbocycles. The molecule has 3 heteroatoms. The fourth-order valence-electron chi connectivity index (χ4n) is 1.81. The van der Waals surface area contributed by atoms with Crippen LogP contribution in [0.15, 0.2) is 0 Å². The fraction of sp³-hybridized carbons (Fsp3) is 0.818. The van der Waals surface area contributed by atoms with E-state index in [4.69, 9.17) is 4.74 Å². The quantitative estimate of drug-likeness (QED) is 0.730. The third-order valence-electron chi connectivity index (χ3n) is 2.71. The average Bonchev–Trinajstić information content (AvgIpc) is 2.43. The summed E-state index contributed by atoms with van der Waals surface area (Å²) in [5.41, 5.74) is 0. The first-order valence-electron chi connectivity index (χ1n) is 4.92. The van der Waals surface area contributed by atoms with E-state index >= 15 is 0 Å². The zero-order chi connectivity index (χ0) is 8.97. The molecule has 1 aliphatic rings. The van der Waals surface area contributed by atoms with E-state index in [1.807, 2.05) is 6.92 Å². The van der Waals surface area contributed by atoms with E-state index in [1.165, 1.54) is 12.8 Å². The molecule has 0 bridgehead atoms. The second-order valence-corrected chi connectivity index (χ2v) is 3.59. The van der Waals surface area contributed by atoms with Gasteiger partial charge in [-0.15, -0.1) is 0 Å². The van der Waals surface area contributed by atoms with E-state index in [9.17, 15) is 0 Å². The van der Waals surface area contributed by atoms with Gasteiger partial charge in [0, 0.05) is 45.4 Å². The Morgan fingerprint density at radius 3 is 2.50 bits per heavy atom. The Bertz CT molecular complexity index is 132. The van der Waals surface area contributed by atoms with Crippen molar-refractivity contribution in [2.45, 2.75) is 32.7 Å². The van der Waals surface area contributed by atoms with Crippen molar-refractivity contribution in [1.82, 2.24) is 4.90 Å². The van der Waals surface area contributed by atoms with Gasteiger partial charge in [0.1, 0.15) is 0 Å². The van der Waals surface area contributed by atoms with Gasteiger partial charge in [0.15, 0.2) is 0 Å². The first-order valence-corrected chi connectivity index (χ1v) is 4.92. The minimum Gasteiger partial charge on any atom is -0.454 e. The second kappa shape index (κ2) is 9.26. The maximum Gasteiger partial charge on any atom is 0.0597 e. The first kappa shape index (κ1) is 17.4. The summed E-state index contributed by atoms with van der Waals surface area (Å²) in [7, 11) is 4.02. The summed E-state index contributed by atoms with van der Waals surface area (Å²) >= 11 is 0. The number of rotatable bonds is 4. The maximum atomic E-state index is 5.40. The summed E-state index contributed by atoms with van der Waals surface area (Å²) in [4.78, 5) is 2.18. The van der Waals surface area contributed by atoms with Crippen LogP contribution in [-0.4, -0.2) is 30.7 Å². The number of ether oxygens (including phenoxy) is 1. The molecule has 0 amide bonds. The largest absolute Gasteiger partial charge is 0.454 e. The molecule has 1 heterocycles. The standard InChI is InChI=1S/C10H20NO.CH3.Y/c1-4-9-6-10(8-12-5-2)11(3)7-9;;/h9-10H,3-8H2,1-2H3;1H3;/q2*-1;. The van der Waals surface area contributed by atoms with E-state index < -0.39 is 0 Å². The van der Waals surface area contributed by atoms with Crippen LogP contribution in [0.4, 0.5) is 0 Å². The van der Waals surface area contributed by atoms with Crippen LogP contribution in [0.25, 0.3) is 0 Å². The molecule has 0 aromatic rings. The molecular weight excluding hydrogens is 251 g/mol. The van der Waals surface area contributed by atoms with Gasteiger partial charge >= 0.3 is 0 Å². The minimum absolute atomic E-state index is 0. The van der Waals surface area contributed by atoms with Crippen molar-refractivity contribution in [2.24, 2.45) is 5.92 Å². The van der Waals surface area contributed by atoms with Crippen molar-refractivity contribution in [3.8, 4) is 0 Å². The molecule has 1 fully saturated rings. The smallest absolute Gasteiger partial charge is 0.0597 e. The molecule has 0 aromatic heterocycles. The minimum atomic E-state index is 0. The molecule has 2 nitrogen and oxygen atoms in total. The summed E-state index contributed by atoms with van der Waals surface area (Å²) in [5.74, 6) is 0.841. The molecule has 0 saturated carbocycles. The Balaban J connectivity index is 0. The summed E-state index contributed by atoms with van der Waals surface area (Å²) < 4.78 is 5.40. The summed E-state index contributed by atoms with van der Waals surface area (Å²) in [6.45, 7) is 7.12. The van der Waals surface area contributed by atoms with Crippen molar-refractivity contribution in [3.05, 3.63) is 14.5 Å². The third kappa shape index (κ3) is 5.20. The molecule has 14 heavy (non-hydrogen) atoms. The van der Waals surface area contributed by atoms with Gasteiger partial charge in [-0.3, -0.25) is 7.05 Å². The van der Waals surface area contributed by atoms with Gasteiger partial charge in [0.2, 0.25) is 0 Å². The molecule has 0 N–H and O–H groups in total. The Hall–Kier alpha value is 1.02. The predicted octanol–water partition coefficient (Wildman–Crippen LogP) is 2.36. The van der Waals surface area contributed by atoms with Crippen LogP contribution >= 0.6 is 0 Å². The van der Waals surface area contributed by atoms with Gasteiger partial charge in [-0.25, -0.2) is 0 Å². The zero-order valence-electron chi connectivity index (χ0n) is 9.83. The number of nitrogens with zero attached hydrogens (tertiary/aromatic N) is 1. The predicted molar refractivity (Wildman–Crippen MR) is 57.2 cm³/mol. The fourth-order valence-corrected chi connectivity index (χ4v) is 1.81. The Labute approximate surface area is 115 Å². The maximum absolute atomic E-state index is 5.40. The molecule has 1 saturated heterocycles. The number of likely N-dealkylation sites (tertiary alicyclic amines) is 1.